The van der Waals surface area contributed by atoms with Crippen molar-refractivity contribution in [1.29, 1.82) is 0 Å². The number of nitrogen functional groups attached to an aromatic ring is 1. The number of nitrogens with two attached hydrogens (primary N) is 2. The fourth-order valence-electron chi connectivity index (χ4n) is 4.26. The Labute approximate surface area is 194 Å². The lowest BCUT2D eigenvalue weighted by molar-refractivity contribution is -0.000446. The fourth-order valence-corrected chi connectivity index (χ4v) is 4.48. The van der Waals surface area contributed by atoms with Gasteiger partial charge in [0.05, 0.1) is 22.9 Å². The second kappa shape index (κ2) is 8.45. The van der Waals surface area contributed by atoms with Crippen molar-refractivity contribution >= 4 is 28.8 Å². The Morgan fingerprint density at radius 1 is 1.36 bits per heavy atom. The van der Waals surface area contributed by atoms with Gasteiger partial charge in [-0.1, -0.05) is 28.9 Å². The number of imidazole rings is 1. The summed E-state index contributed by atoms with van der Waals surface area (Å²) in [6.45, 7) is 5.42. The van der Waals surface area contributed by atoms with Gasteiger partial charge in [-0.3, -0.25) is 9.38 Å². The number of aromatic nitrogens is 4. The fraction of sp³-hybridized carbons (Fsp3) is 0.273. The monoisotopic (exact) mass is 471 g/mol. The lowest BCUT2D eigenvalue weighted by Gasteiger charge is -2.41. The van der Waals surface area contributed by atoms with Crippen LogP contribution in [0.5, 0.6) is 0 Å². The summed E-state index contributed by atoms with van der Waals surface area (Å²) in [4.78, 5) is 13.1. The maximum absolute atomic E-state index is 16.5. The number of rotatable bonds is 5. The molecule has 9 nitrogen and oxygen atoms in total. The molecule has 1 aliphatic rings. The maximum Gasteiger partial charge on any atom is 0.189 e. The number of allylic oxidation sites excluding steroid dienone is 2. The number of anilines is 1. The molecule has 0 amide bonds. The van der Waals surface area contributed by atoms with Gasteiger partial charge in [0.2, 0.25) is 0 Å². The molecule has 1 aliphatic carbocycles. The minimum absolute atomic E-state index is 0.0590. The average Bonchev–Trinajstić information content (AvgIpc) is 3.14. The van der Waals surface area contributed by atoms with Crippen LogP contribution in [0.3, 0.4) is 0 Å². The summed E-state index contributed by atoms with van der Waals surface area (Å²) >= 11 is 6.36. The number of nitrogens with zero attached hydrogens (tertiary/aromatic N) is 5. The van der Waals surface area contributed by atoms with Gasteiger partial charge in [-0.25, -0.2) is 14.4 Å². The Balaban J connectivity index is 2.21. The van der Waals surface area contributed by atoms with Gasteiger partial charge in [0.1, 0.15) is 34.1 Å². The molecule has 4 rings (SSSR count). The Hall–Kier alpha value is -3.50. The van der Waals surface area contributed by atoms with Crippen LogP contribution >= 0.6 is 11.6 Å². The number of amidine groups is 1. The second-order valence-electron chi connectivity index (χ2n) is 7.87. The predicted molar refractivity (Wildman–Crippen MR) is 123 cm³/mol. The predicted octanol–water partition coefficient (Wildman–Crippen LogP) is 3.18. The highest BCUT2D eigenvalue weighted by molar-refractivity contribution is 6.31. The van der Waals surface area contributed by atoms with Crippen LogP contribution in [-0.2, 0) is 10.2 Å². The Bertz CT molecular complexity index is 1320. The van der Waals surface area contributed by atoms with Crippen molar-refractivity contribution in [3.8, 4) is 0 Å². The molecule has 0 aliphatic heterocycles. The van der Waals surface area contributed by atoms with Crippen LogP contribution in [0.25, 0.3) is 5.52 Å². The molecule has 0 spiro atoms. The minimum atomic E-state index is -1.74. The standard InChI is InChI=1S/C22H23ClFN7O2/c1-11(2)33-15-7-6-14(23)18(24)22(15,13-5-4-8-27-16(13)19(25)30-32)21-29-12(3)17-20(26)28-9-10-31(17)21/h4-11,15,32H,1-3H3,(H2,25,30)(H2,26,28). The van der Waals surface area contributed by atoms with E-state index in [9.17, 15) is 5.21 Å². The number of ether oxygens (including phenoxy) is 1. The van der Waals surface area contributed by atoms with E-state index in [1.165, 1.54) is 18.5 Å². The molecule has 0 aromatic carbocycles. The van der Waals surface area contributed by atoms with Crippen LogP contribution in [0.4, 0.5) is 10.2 Å². The van der Waals surface area contributed by atoms with Crippen LogP contribution < -0.4 is 11.5 Å². The molecule has 33 heavy (non-hydrogen) atoms. The first-order valence-electron chi connectivity index (χ1n) is 10.2. The van der Waals surface area contributed by atoms with Gasteiger partial charge in [-0.05, 0) is 32.9 Å². The third kappa shape index (κ3) is 3.42. The third-order valence-corrected chi connectivity index (χ3v) is 5.80. The topological polar surface area (TPSA) is 137 Å². The number of pyridine rings is 1. The van der Waals surface area contributed by atoms with E-state index in [2.05, 4.69) is 15.1 Å². The molecule has 0 radical (unpaired) electrons. The molecule has 0 saturated heterocycles. The van der Waals surface area contributed by atoms with Gasteiger partial charge in [-0.2, -0.15) is 0 Å². The average molecular weight is 472 g/mol. The third-order valence-electron chi connectivity index (χ3n) is 5.51. The van der Waals surface area contributed by atoms with E-state index >= 15 is 4.39 Å². The van der Waals surface area contributed by atoms with E-state index in [1.54, 1.807) is 35.7 Å². The molecule has 2 atom stereocenters. The van der Waals surface area contributed by atoms with Gasteiger partial charge in [0.15, 0.2) is 5.84 Å². The van der Waals surface area contributed by atoms with Gasteiger partial charge in [0, 0.05) is 24.2 Å². The Morgan fingerprint density at radius 2 is 2.12 bits per heavy atom. The largest absolute Gasteiger partial charge is 0.409 e. The van der Waals surface area contributed by atoms with E-state index in [0.717, 1.165) is 0 Å². The van der Waals surface area contributed by atoms with Crippen molar-refractivity contribution in [3.63, 3.8) is 0 Å². The van der Waals surface area contributed by atoms with Gasteiger partial charge in [-0.15, -0.1) is 0 Å². The summed E-state index contributed by atoms with van der Waals surface area (Å²) in [6.07, 6.45) is 6.50. The lowest BCUT2D eigenvalue weighted by Crippen LogP contribution is -2.47. The molecule has 172 valence electrons. The molecule has 3 heterocycles. The molecular formula is C22H23ClFN7O2. The summed E-state index contributed by atoms with van der Waals surface area (Å²) in [7, 11) is 0. The minimum Gasteiger partial charge on any atom is -0.409 e. The normalized spacial score (nSPS) is 21.4. The zero-order valence-corrected chi connectivity index (χ0v) is 19.0. The maximum atomic E-state index is 16.5. The van der Waals surface area contributed by atoms with Crippen molar-refractivity contribution in [1.82, 2.24) is 19.4 Å². The first-order chi connectivity index (χ1) is 15.7. The number of aryl methyl sites for hydroxylation is 1. The van der Waals surface area contributed by atoms with E-state index in [1.807, 2.05) is 13.8 Å². The van der Waals surface area contributed by atoms with E-state index in [0.29, 0.717) is 11.2 Å². The lowest BCUT2D eigenvalue weighted by atomic mass is 9.70. The smallest absolute Gasteiger partial charge is 0.189 e. The summed E-state index contributed by atoms with van der Waals surface area (Å²) in [5, 5.41) is 12.4. The number of fused-ring (bicyclic) bond motifs is 1. The SMILES string of the molecule is Cc1nc(C2(c3cccnc3C(N)=NO)C(F)=C(Cl)C=CC2OC(C)C)n2ccnc(N)c12. The number of oxime groups is 1. The second-order valence-corrected chi connectivity index (χ2v) is 8.28. The van der Waals surface area contributed by atoms with Crippen molar-refractivity contribution in [2.24, 2.45) is 10.9 Å². The first kappa shape index (κ1) is 22.7. The molecule has 0 bridgehead atoms. The van der Waals surface area contributed by atoms with Crippen LogP contribution in [0.2, 0.25) is 0 Å². The van der Waals surface area contributed by atoms with Crippen LogP contribution in [0.1, 0.15) is 36.6 Å². The van der Waals surface area contributed by atoms with Gasteiger partial charge >= 0.3 is 0 Å². The van der Waals surface area contributed by atoms with Crippen molar-refractivity contribution in [3.05, 3.63) is 76.5 Å². The Kier molecular flexibility index (Phi) is 5.81. The molecule has 5 N–H and O–H groups in total. The molecule has 2 unspecified atom stereocenters. The molecule has 0 saturated carbocycles. The highest BCUT2D eigenvalue weighted by Crippen LogP contribution is 2.50. The Morgan fingerprint density at radius 3 is 2.82 bits per heavy atom. The van der Waals surface area contributed by atoms with Gasteiger partial charge < -0.3 is 21.4 Å². The molecule has 11 heteroatoms. The zero-order valence-electron chi connectivity index (χ0n) is 18.2. The van der Waals surface area contributed by atoms with Crippen molar-refractivity contribution in [2.75, 3.05) is 5.73 Å². The summed E-state index contributed by atoms with van der Waals surface area (Å²) in [5.74, 6) is -0.560. The molecule has 3 aromatic heterocycles. The molecule has 0 fully saturated rings. The number of hydrogen-bond donors (Lipinski definition) is 3. The van der Waals surface area contributed by atoms with E-state index in [4.69, 9.17) is 32.8 Å². The van der Waals surface area contributed by atoms with Crippen LogP contribution in [-0.4, -0.2) is 42.6 Å². The van der Waals surface area contributed by atoms with E-state index < -0.39 is 17.3 Å². The summed E-state index contributed by atoms with van der Waals surface area (Å²) < 4.78 is 24.4. The van der Waals surface area contributed by atoms with Gasteiger partial charge in [0.25, 0.3) is 0 Å². The van der Waals surface area contributed by atoms with Crippen LogP contribution in [0, 0.1) is 6.92 Å². The van der Waals surface area contributed by atoms with Crippen molar-refractivity contribution < 1.29 is 14.3 Å². The summed E-state index contributed by atoms with van der Waals surface area (Å²) in [6, 6.07) is 3.25. The molecule has 3 aromatic rings. The van der Waals surface area contributed by atoms with Crippen molar-refractivity contribution in [2.45, 2.75) is 38.4 Å². The number of halogens is 2. The molecular weight excluding hydrogens is 449 g/mol. The quantitative estimate of drug-likeness (QED) is 0.225. The van der Waals surface area contributed by atoms with E-state index in [-0.39, 0.29) is 39.9 Å². The zero-order chi connectivity index (χ0) is 23.9. The highest BCUT2D eigenvalue weighted by atomic mass is 35.5. The summed E-state index contributed by atoms with van der Waals surface area (Å²) in [5.41, 5.74) is 11.7. The highest BCUT2D eigenvalue weighted by Gasteiger charge is 2.54. The first-order valence-corrected chi connectivity index (χ1v) is 10.5. The van der Waals surface area contributed by atoms with Crippen LogP contribution in [0.15, 0.2) is 58.9 Å². The number of hydrogen-bond acceptors (Lipinski definition) is 7.